The summed E-state index contributed by atoms with van der Waals surface area (Å²) in [6.45, 7) is 7.93. The first-order chi connectivity index (χ1) is 7.79. The minimum atomic E-state index is -0.250. The fourth-order valence-corrected chi connectivity index (χ4v) is 1.69. The van der Waals surface area contributed by atoms with E-state index in [1.54, 1.807) is 17.0 Å². The van der Waals surface area contributed by atoms with Crippen molar-refractivity contribution >= 4 is 17.4 Å². The zero-order chi connectivity index (χ0) is 13.2. The van der Waals surface area contributed by atoms with Crippen LogP contribution in [0.15, 0.2) is 17.2 Å². The molecule has 96 valence electrons. The van der Waals surface area contributed by atoms with Gasteiger partial charge in [-0.25, -0.2) is 4.98 Å². The maximum atomic E-state index is 12.3. The molecule has 1 aromatic rings. The highest BCUT2D eigenvalue weighted by Gasteiger charge is 2.20. The van der Waals surface area contributed by atoms with E-state index in [0.29, 0.717) is 11.7 Å². The average Bonchev–Trinajstić information content (AvgIpc) is 2.25. The summed E-state index contributed by atoms with van der Waals surface area (Å²) in [6, 6.07) is 0.0766. The number of aromatic nitrogens is 2. The van der Waals surface area contributed by atoms with Crippen LogP contribution in [0.4, 0.5) is 5.82 Å². The number of anilines is 1. The van der Waals surface area contributed by atoms with Gasteiger partial charge in [0.1, 0.15) is 0 Å². The first kappa shape index (κ1) is 14.0. The maximum absolute atomic E-state index is 12.3. The van der Waals surface area contributed by atoms with Gasteiger partial charge in [-0.05, 0) is 27.7 Å². The van der Waals surface area contributed by atoms with Gasteiger partial charge >= 0.3 is 0 Å². The van der Waals surface area contributed by atoms with Crippen LogP contribution in [-0.4, -0.2) is 28.5 Å². The van der Waals surface area contributed by atoms with Gasteiger partial charge < -0.3 is 9.47 Å². The van der Waals surface area contributed by atoms with E-state index in [4.69, 9.17) is 11.6 Å². The monoisotopic (exact) mass is 257 g/mol. The van der Waals surface area contributed by atoms with E-state index in [2.05, 4.69) is 4.98 Å². The molecule has 1 rings (SSSR count). The standard InChI is InChI=1S/C12H20ClN3O/c1-9(8-13)15(5)10-11(17)16(7-6-14-10)12(2,3)4/h6-7,9H,8H2,1-5H3. The van der Waals surface area contributed by atoms with Gasteiger partial charge in [0.05, 0.1) is 0 Å². The van der Waals surface area contributed by atoms with Crippen LogP contribution in [0.1, 0.15) is 27.7 Å². The molecule has 17 heavy (non-hydrogen) atoms. The Morgan fingerprint density at radius 3 is 2.59 bits per heavy atom. The third-order valence-corrected chi connectivity index (χ3v) is 3.21. The van der Waals surface area contributed by atoms with Crippen molar-refractivity contribution in [3.05, 3.63) is 22.7 Å². The molecule has 5 heteroatoms. The average molecular weight is 258 g/mol. The van der Waals surface area contributed by atoms with Gasteiger partial charge in [0.25, 0.3) is 5.56 Å². The number of halogens is 1. The number of nitrogens with zero attached hydrogens (tertiary/aromatic N) is 3. The molecule has 1 unspecified atom stereocenters. The zero-order valence-electron chi connectivity index (χ0n) is 11.1. The molecule has 4 nitrogen and oxygen atoms in total. The Morgan fingerprint density at radius 1 is 1.53 bits per heavy atom. The molecule has 0 aliphatic carbocycles. The van der Waals surface area contributed by atoms with Crippen LogP contribution in [0.2, 0.25) is 0 Å². The molecule has 0 aliphatic rings. The molecule has 1 aromatic heterocycles. The van der Waals surface area contributed by atoms with Crippen molar-refractivity contribution in [2.24, 2.45) is 0 Å². The van der Waals surface area contributed by atoms with Crippen molar-refractivity contribution < 1.29 is 0 Å². The Balaban J connectivity index is 3.25. The maximum Gasteiger partial charge on any atom is 0.293 e. The van der Waals surface area contributed by atoms with Crippen molar-refractivity contribution in [3.63, 3.8) is 0 Å². The number of alkyl halides is 1. The van der Waals surface area contributed by atoms with Crippen LogP contribution in [0, 0.1) is 0 Å². The number of hydrogen-bond donors (Lipinski definition) is 0. The van der Waals surface area contributed by atoms with Crippen molar-refractivity contribution in [1.29, 1.82) is 0 Å². The second-order valence-electron chi connectivity index (χ2n) is 5.21. The van der Waals surface area contributed by atoms with Crippen molar-refractivity contribution in [3.8, 4) is 0 Å². The Kier molecular flexibility index (Phi) is 4.20. The molecule has 0 amide bonds. The van der Waals surface area contributed by atoms with Crippen LogP contribution in [0.25, 0.3) is 0 Å². The predicted molar refractivity (Wildman–Crippen MR) is 72.1 cm³/mol. The smallest absolute Gasteiger partial charge is 0.293 e. The van der Waals surface area contributed by atoms with E-state index in [1.165, 1.54) is 0 Å². The quantitative estimate of drug-likeness (QED) is 0.778. The summed E-state index contributed by atoms with van der Waals surface area (Å²) in [6.07, 6.45) is 3.37. The lowest BCUT2D eigenvalue weighted by molar-refractivity contribution is 0.382. The molecular weight excluding hydrogens is 238 g/mol. The fourth-order valence-electron chi connectivity index (χ4n) is 1.48. The van der Waals surface area contributed by atoms with Gasteiger partial charge in [-0.15, -0.1) is 11.6 Å². The van der Waals surface area contributed by atoms with Gasteiger partial charge in [0, 0.05) is 36.9 Å². The van der Waals surface area contributed by atoms with Crippen molar-refractivity contribution in [2.45, 2.75) is 39.3 Å². The molecule has 0 bridgehead atoms. The Bertz CT molecular complexity index is 436. The second-order valence-corrected chi connectivity index (χ2v) is 5.52. The van der Waals surface area contributed by atoms with Crippen LogP contribution in [0.3, 0.4) is 0 Å². The minimum absolute atomic E-state index is 0.0766. The number of hydrogen-bond acceptors (Lipinski definition) is 3. The lowest BCUT2D eigenvalue weighted by Gasteiger charge is -2.27. The van der Waals surface area contributed by atoms with E-state index < -0.39 is 0 Å². The molecule has 0 radical (unpaired) electrons. The summed E-state index contributed by atoms with van der Waals surface area (Å²) in [5.41, 5.74) is -0.334. The molecule has 0 N–H and O–H groups in total. The number of rotatable bonds is 3. The van der Waals surface area contributed by atoms with Gasteiger partial charge in [-0.1, -0.05) is 0 Å². The first-order valence-electron chi connectivity index (χ1n) is 5.66. The zero-order valence-corrected chi connectivity index (χ0v) is 11.8. The molecule has 1 heterocycles. The van der Waals surface area contributed by atoms with Crippen molar-refractivity contribution in [1.82, 2.24) is 9.55 Å². The Labute approximate surface area is 107 Å². The lowest BCUT2D eigenvalue weighted by atomic mass is 10.1. The third kappa shape index (κ3) is 3.00. The van der Waals surface area contributed by atoms with Gasteiger partial charge in [-0.2, -0.15) is 0 Å². The summed E-state index contributed by atoms with van der Waals surface area (Å²) in [5.74, 6) is 0.901. The van der Waals surface area contributed by atoms with E-state index in [9.17, 15) is 4.79 Å². The molecule has 0 aromatic carbocycles. The molecule has 0 fully saturated rings. The summed E-state index contributed by atoms with van der Waals surface area (Å²) < 4.78 is 1.69. The van der Waals surface area contributed by atoms with Gasteiger partial charge in [-0.3, -0.25) is 4.79 Å². The largest absolute Gasteiger partial charge is 0.351 e. The van der Waals surface area contributed by atoms with E-state index in [0.717, 1.165) is 0 Å². The molecule has 0 saturated carbocycles. The topological polar surface area (TPSA) is 38.1 Å². The van der Waals surface area contributed by atoms with Crippen LogP contribution in [-0.2, 0) is 5.54 Å². The highest BCUT2D eigenvalue weighted by molar-refractivity contribution is 6.18. The first-order valence-corrected chi connectivity index (χ1v) is 6.19. The molecule has 0 spiro atoms. The third-order valence-electron chi connectivity index (χ3n) is 2.76. The van der Waals surface area contributed by atoms with Crippen LogP contribution < -0.4 is 10.5 Å². The van der Waals surface area contributed by atoms with Gasteiger partial charge in [0.2, 0.25) is 0 Å². The molecule has 0 aliphatic heterocycles. The summed E-state index contributed by atoms with van der Waals surface area (Å²) >= 11 is 5.80. The molecule has 0 saturated heterocycles. The highest BCUT2D eigenvalue weighted by atomic mass is 35.5. The minimum Gasteiger partial charge on any atom is -0.351 e. The second kappa shape index (κ2) is 5.08. The van der Waals surface area contributed by atoms with E-state index in [1.807, 2.05) is 39.6 Å². The van der Waals surface area contributed by atoms with Crippen molar-refractivity contribution in [2.75, 3.05) is 17.8 Å². The summed E-state index contributed by atoms with van der Waals surface area (Å²) in [4.78, 5) is 18.3. The van der Waals surface area contributed by atoms with E-state index >= 15 is 0 Å². The molecular formula is C12H20ClN3O. The summed E-state index contributed by atoms with van der Waals surface area (Å²) in [7, 11) is 1.84. The van der Waals surface area contributed by atoms with Crippen LogP contribution >= 0.6 is 11.6 Å². The van der Waals surface area contributed by atoms with Gasteiger partial charge in [0.15, 0.2) is 5.82 Å². The predicted octanol–water partition coefficient (Wildman–Crippen LogP) is 2.06. The Hall–Kier alpha value is -1.03. The Morgan fingerprint density at radius 2 is 2.12 bits per heavy atom. The molecule has 1 atom stereocenters. The normalized spacial score (nSPS) is 13.5. The fraction of sp³-hybridized carbons (Fsp3) is 0.667. The van der Waals surface area contributed by atoms with E-state index in [-0.39, 0.29) is 17.1 Å². The lowest BCUT2D eigenvalue weighted by Crippen LogP contribution is -2.40. The SMILES string of the molecule is CC(CCl)N(C)c1nccn(C(C)(C)C)c1=O. The highest BCUT2D eigenvalue weighted by Crippen LogP contribution is 2.13. The summed E-state index contributed by atoms with van der Waals surface area (Å²) in [5, 5.41) is 0. The van der Waals surface area contributed by atoms with Crippen LogP contribution in [0.5, 0.6) is 0 Å².